The summed E-state index contributed by atoms with van der Waals surface area (Å²) in [6.45, 7) is -0.613. The van der Waals surface area contributed by atoms with E-state index in [1.807, 2.05) is 0 Å². The number of esters is 2. The van der Waals surface area contributed by atoms with E-state index in [2.05, 4.69) is 25.4 Å². The third kappa shape index (κ3) is 5.72. The molecule has 0 aliphatic rings. The normalized spacial score (nSPS) is 9.77. The smallest absolute Gasteiger partial charge is 0.343 e. The van der Waals surface area contributed by atoms with E-state index in [9.17, 15) is 14.4 Å². The van der Waals surface area contributed by atoms with Gasteiger partial charge in [0.25, 0.3) is 0 Å². The number of benzene rings is 1. The minimum absolute atomic E-state index is 0.115. The van der Waals surface area contributed by atoms with Crippen LogP contribution in [0.1, 0.15) is 10.4 Å². The second-order valence-electron chi connectivity index (χ2n) is 3.98. The Bertz CT molecular complexity index is 518. The lowest BCUT2D eigenvalue weighted by Gasteiger charge is -2.10. The van der Waals surface area contributed by atoms with Crippen molar-refractivity contribution in [2.75, 3.05) is 32.8 Å². The molecule has 0 unspecified atom stereocenters. The van der Waals surface area contributed by atoms with Gasteiger partial charge in [0.05, 0.1) is 19.5 Å². The van der Waals surface area contributed by atoms with Crippen LogP contribution in [-0.2, 0) is 19.1 Å². The predicted molar refractivity (Wildman–Crippen MR) is 79.6 cm³/mol. The number of Topliss-reactive ketones (excluding diaryl/α,β-unsaturated/α-hetero) is 1. The van der Waals surface area contributed by atoms with Crippen LogP contribution in [0.3, 0.4) is 0 Å². The number of carbonyl (C=O) groups excluding carboxylic acids is 3. The summed E-state index contributed by atoms with van der Waals surface area (Å²) in [5.41, 5.74) is 0.319. The van der Waals surface area contributed by atoms with E-state index in [-0.39, 0.29) is 35.8 Å². The molecular formula is C14H15BrO7. The number of halogens is 1. The van der Waals surface area contributed by atoms with Crippen molar-refractivity contribution in [1.82, 2.24) is 0 Å². The average Bonchev–Trinajstić information content (AvgIpc) is 2.56. The number of ether oxygens (including phenoxy) is 4. The number of methoxy groups -OCH3 is 2. The Balaban J connectivity index is 2.92. The highest BCUT2D eigenvalue weighted by Gasteiger charge is 2.12. The summed E-state index contributed by atoms with van der Waals surface area (Å²) in [6.07, 6.45) is 0. The summed E-state index contributed by atoms with van der Waals surface area (Å²) in [4.78, 5) is 33.9. The van der Waals surface area contributed by atoms with Crippen LogP contribution in [0.5, 0.6) is 11.5 Å². The van der Waals surface area contributed by atoms with Gasteiger partial charge in [-0.15, -0.1) is 0 Å². The fourth-order valence-electron chi connectivity index (χ4n) is 1.38. The molecule has 8 heteroatoms. The molecular weight excluding hydrogens is 360 g/mol. The second kappa shape index (κ2) is 9.04. The van der Waals surface area contributed by atoms with E-state index in [0.717, 1.165) is 0 Å². The molecule has 0 amide bonds. The SMILES string of the molecule is COC(=O)COc1cc(OCC(=O)OC)cc(C(=O)CBr)c1. The minimum atomic E-state index is -0.561. The molecule has 0 saturated carbocycles. The Kier molecular flexibility index (Phi) is 7.38. The van der Waals surface area contributed by atoms with Crippen LogP contribution in [0.4, 0.5) is 0 Å². The summed E-state index contributed by atoms with van der Waals surface area (Å²) < 4.78 is 19.4. The molecule has 0 aromatic heterocycles. The Morgan fingerprint density at radius 3 is 1.73 bits per heavy atom. The lowest BCUT2D eigenvalue weighted by atomic mass is 10.1. The summed E-state index contributed by atoms with van der Waals surface area (Å²) >= 11 is 3.07. The highest BCUT2D eigenvalue weighted by Crippen LogP contribution is 2.24. The van der Waals surface area contributed by atoms with Crippen LogP contribution < -0.4 is 9.47 Å². The van der Waals surface area contributed by atoms with Crippen molar-refractivity contribution in [3.8, 4) is 11.5 Å². The first kappa shape index (κ1) is 18.0. The Morgan fingerprint density at radius 1 is 0.909 bits per heavy atom. The van der Waals surface area contributed by atoms with Crippen molar-refractivity contribution in [2.45, 2.75) is 0 Å². The molecule has 1 rings (SSSR count). The van der Waals surface area contributed by atoms with Gasteiger partial charge in [-0.2, -0.15) is 0 Å². The lowest BCUT2D eigenvalue weighted by Crippen LogP contribution is -2.14. The third-order valence-electron chi connectivity index (χ3n) is 2.49. The summed E-state index contributed by atoms with van der Waals surface area (Å²) in [5.74, 6) is -0.830. The van der Waals surface area contributed by atoms with E-state index >= 15 is 0 Å². The largest absolute Gasteiger partial charge is 0.482 e. The lowest BCUT2D eigenvalue weighted by molar-refractivity contribution is -0.143. The van der Waals surface area contributed by atoms with Gasteiger partial charge >= 0.3 is 11.9 Å². The van der Waals surface area contributed by atoms with Gasteiger partial charge in [-0.25, -0.2) is 9.59 Å². The van der Waals surface area contributed by atoms with Gasteiger partial charge in [-0.3, -0.25) is 4.79 Å². The molecule has 0 saturated heterocycles. The van der Waals surface area contributed by atoms with Gasteiger partial charge in [-0.1, -0.05) is 15.9 Å². The van der Waals surface area contributed by atoms with E-state index in [1.165, 1.54) is 32.4 Å². The molecule has 0 radical (unpaired) electrons. The van der Waals surface area contributed by atoms with Crippen molar-refractivity contribution in [3.05, 3.63) is 23.8 Å². The van der Waals surface area contributed by atoms with Crippen LogP contribution in [0, 0.1) is 0 Å². The van der Waals surface area contributed by atoms with Crippen molar-refractivity contribution in [1.29, 1.82) is 0 Å². The quantitative estimate of drug-likeness (QED) is 0.385. The molecule has 120 valence electrons. The standard InChI is InChI=1S/C14H15BrO7/c1-19-13(17)7-21-10-3-9(12(16)6-15)4-11(5-10)22-8-14(18)20-2/h3-5H,6-8H2,1-2H3. The first-order valence-electron chi connectivity index (χ1n) is 6.13. The van der Waals surface area contributed by atoms with Crippen molar-refractivity contribution in [3.63, 3.8) is 0 Å². The van der Waals surface area contributed by atoms with E-state index < -0.39 is 11.9 Å². The predicted octanol–water partition coefficient (Wildman–Crippen LogP) is 1.37. The molecule has 0 N–H and O–H groups in total. The Hall–Kier alpha value is -2.09. The number of alkyl halides is 1. The molecule has 22 heavy (non-hydrogen) atoms. The highest BCUT2D eigenvalue weighted by atomic mass is 79.9. The first-order valence-corrected chi connectivity index (χ1v) is 7.25. The molecule has 0 spiro atoms. The van der Waals surface area contributed by atoms with E-state index in [0.29, 0.717) is 5.56 Å². The summed E-state index contributed by atoms with van der Waals surface area (Å²) in [6, 6.07) is 4.39. The molecule has 0 bridgehead atoms. The van der Waals surface area contributed by atoms with Crippen molar-refractivity contribution < 1.29 is 33.3 Å². The maximum absolute atomic E-state index is 11.8. The fourth-order valence-corrected chi connectivity index (χ4v) is 1.70. The Morgan fingerprint density at radius 2 is 1.36 bits per heavy atom. The summed E-state index contributed by atoms with van der Waals surface area (Å²) in [7, 11) is 2.47. The van der Waals surface area contributed by atoms with Gasteiger partial charge in [0, 0.05) is 11.6 Å². The molecule has 1 aromatic rings. The molecule has 0 aliphatic carbocycles. The molecule has 0 atom stereocenters. The van der Waals surface area contributed by atoms with Gasteiger partial charge in [0.2, 0.25) is 0 Å². The molecule has 1 aromatic carbocycles. The van der Waals surface area contributed by atoms with Crippen LogP contribution in [0.25, 0.3) is 0 Å². The molecule has 0 aliphatic heterocycles. The number of carbonyl (C=O) groups is 3. The molecule has 0 fully saturated rings. The highest BCUT2D eigenvalue weighted by molar-refractivity contribution is 9.09. The molecule has 7 nitrogen and oxygen atoms in total. The van der Waals surface area contributed by atoms with Crippen molar-refractivity contribution in [2.24, 2.45) is 0 Å². The van der Waals surface area contributed by atoms with Crippen LogP contribution in [0.2, 0.25) is 0 Å². The number of hydrogen-bond acceptors (Lipinski definition) is 7. The van der Waals surface area contributed by atoms with E-state index in [4.69, 9.17) is 9.47 Å². The van der Waals surface area contributed by atoms with Gasteiger partial charge < -0.3 is 18.9 Å². The monoisotopic (exact) mass is 374 g/mol. The first-order chi connectivity index (χ1) is 10.5. The fraction of sp³-hybridized carbons (Fsp3) is 0.357. The number of rotatable bonds is 8. The van der Waals surface area contributed by atoms with Crippen LogP contribution in [0.15, 0.2) is 18.2 Å². The van der Waals surface area contributed by atoms with Gasteiger partial charge in [-0.05, 0) is 12.1 Å². The maximum Gasteiger partial charge on any atom is 0.343 e. The van der Waals surface area contributed by atoms with Crippen LogP contribution in [-0.4, -0.2) is 50.5 Å². The summed E-state index contributed by atoms with van der Waals surface area (Å²) in [5, 5.41) is 0.115. The van der Waals surface area contributed by atoms with Crippen molar-refractivity contribution >= 4 is 33.7 Å². The number of hydrogen-bond donors (Lipinski definition) is 0. The van der Waals surface area contributed by atoms with Crippen LogP contribution >= 0.6 is 15.9 Å². The third-order valence-corrected chi connectivity index (χ3v) is 3.00. The number of ketones is 1. The zero-order chi connectivity index (χ0) is 16.5. The zero-order valence-corrected chi connectivity index (χ0v) is 13.7. The average molecular weight is 375 g/mol. The van der Waals surface area contributed by atoms with Gasteiger partial charge in [0.15, 0.2) is 19.0 Å². The minimum Gasteiger partial charge on any atom is -0.482 e. The zero-order valence-electron chi connectivity index (χ0n) is 12.1. The van der Waals surface area contributed by atoms with E-state index in [1.54, 1.807) is 0 Å². The second-order valence-corrected chi connectivity index (χ2v) is 4.54. The molecule has 0 heterocycles. The Labute approximate surface area is 135 Å². The maximum atomic E-state index is 11.8. The topological polar surface area (TPSA) is 88.1 Å². The van der Waals surface area contributed by atoms with Gasteiger partial charge in [0.1, 0.15) is 11.5 Å².